The molecule has 0 spiro atoms. The van der Waals surface area contributed by atoms with Crippen molar-refractivity contribution >= 4 is 27.5 Å². The maximum atomic E-state index is 6.37. The normalized spacial score (nSPS) is 12.6. The number of rotatable bonds is 5. The van der Waals surface area contributed by atoms with E-state index in [0.29, 0.717) is 0 Å². The molecule has 0 saturated carbocycles. The summed E-state index contributed by atoms with van der Waals surface area (Å²) >= 11 is 9.81. The number of aromatic nitrogens is 2. The smallest absolute Gasteiger partial charge is 0.0762 e. The quantitative estimate of drug-likeness (QED) is 0.889. The van der Waals surface area contributed by atoms with Crippen molar-refractivity contribution in [3.05, 3.63) is 51.2 Å². The molecule has 0 saturated heterocycles. The van der Waals surface area contributed by atoms with Crippen LogP contribution in [0, 0.1) is 0 Å². The van der Waals surface area contributed by atoms with Crippen LogP contribution in [0.5, 0.6) is 0 Å². The summed E-state index contributed by atoms with van der Waals surface area (Å²) in [7, 11) is 0. The maximum absolute atomic E-state index is 6.37. The van der Waals surface area contributed by atoms with Crippen molar-refractivity contribution in [2.75, 3.05) is 6.54 Å². The van der Waals surface area contributed by atoms with Crippen LogP contribution >= 0.6 is 27.5 Å². The van der Waals surface area contributed by atoms with Gasteiger partial charge in [0.05, 0.1) is 11.7 Å². The number of benzene rings is 1. The van der Waals surface area contributed by atoms with Gasteiger partial charge in [-0.05, 0) is 37.2 Å². The Hall–Kier alpha value is -0.840. The molecule has 0 amide bonds. The number of nitrogens with zero attached hydrogens (tertiary/aromatic N) is 2. The predicted molar refractivity (Wildman–Crippen MR) is 82.6 cm³/mol. The lowest BCUT2D eigenvalue weighted by Crippen LogP contribution is -2.25. The molecule has 3 nitrogen and oxygen atoms in total. The molecule has 5 heteroatoms. The molecule has 19 heavy (non-hydrogen) atoms. The van der Waals surface area contributed by atoms with Crippen molar-refractivity contribution in [1.29, 1.82) is 0 Å². The average Bonchev–Trinajstić information content (AvgIpc) is 2.85. The Kier molecular flexibility index (Phi) is 5.02. The fourth-order valence-electron chi connectivity index (χ4n) is 2.17. The summed E-state index contributed by atoms with van der Waals surface area (Å²) in [6.45, 7) is 5.89. The minimum Gasteiger partial charge on any atom is -0.305 e. The summed E-state index contributed by atoms with van der Waals surface area (Å²) in [6, 6.07) is 8.08. The summed E-state index contributed by atoms with van der Waals surface area (Å²) in [6.07, 6.45) is 1.83. The minimum absolute atomic E-state index is 0.0630. The van der Waals surface area contributed by atoms with E-state index in [1.54, 1.807) is 0 Å². The van der Waals surface area contributed by atoms with Crippen LogP contribution in [0.1, 0.15) is 31.1 Å². The first-order chi connectivity index (χ1) is 9.17. The molecule has 1 heterocycles. The molecular weight excluding hydrogens is 326 g/mol. The number of aryl methyl sites for hydroxylation is 1. The van der Waals surface area contributed by atoms with E-state index >= 15 is 0 Å². The second-order valence-electron chi connectivity index (χ2n) is 4.23. The van der Waals surface area contributed by atoms with Crippen LogP contribution < -0.4 is 5.32 Å². The molecule has 1 N–H and O–H groups in total. The highest BCUT2D eigenvalue weighted by Crippen LogP contribution is 2.30. The number of halogens is 2. The van der Waals surface area contributed by atoms with Gasteiger partial charge in [0, 0.05) is 22.2 Å². The van der Waals surface area contributed by atoms with E-state index in [2.05, 4.69) is 40.2 Å². The Morgan fingerprint density at radius 3 is 2.79 bits per heavy atom. The zero-order valence-corrected chi connectivity index (χ0v) is 13.4. The van der Waals surface area contributed by atoms with Crippen LogP contribution in [0.2, 0.25) is 5.02 Å². The highest BCUT2D eigenvalue weighted by Gasteiger charge is 2.19. The van der Waals surface area contributed by atoms with Crippen LogP contribution in [0.3, 0.4) is 0 Å². The van der Waals surface area contributed by atoms with Crippen LogP contribution in [0.4, 0.5) is 0 Å². The van der Waals surface area contributed by atoms with Crippen LogP contribution in [0.25, 0.3) is 0 Å². The van der Waals surface area contributed by atoms with E-state index in [4.69, 9.17) is 11.6 Å². The highest BCUT2D eigenvalue weighted by molar-refractivity contribution is 9.10. The topological polar surface area (TPSA) is 29.9 Å². The monoisotopic (exact) mass is 341 g/mol. The van der Waals surface area contributed by atoms with Gasteiger partial charge >= 0.3 is 0 Å². The third-order valence-corrected chi connectivity index (χ3v) is 3.85. The molecule has 1 aromatic heterocycles. The Labute approximate surface area is 127 Å². The SMILES string of the molecule is CCNC(c1ccc(Br)cc1Cl)c1ccnn1CC. The van der Waals surface area contributed by atoms with Gasteiger partial charge in [-0.25, -0.2) is 0 Å². The second-order valence-corrected chi connectivity index (χ2v) is 5.55. The lowest BCUT2D eigenvalue weighted by atomic mass is 10.0. The first-order valence-electron chi connectivity index (χ1n) is 6.37. The van der Waals surface area contributed by atoms with Gasteiger partial charge in [-0.1, -0.05) is 40.5 Å². The Bertz CT molecular complexity index is 553. The van der Waals surface area contributed by atoms with Crippen molar-refractivity contribution in [1.82, 2.24) is 15.1 Å². The molecule has 0 aliphatic heterocycles. The Morgan fingerprint density at radius 1 is 1.37 bits per heavy atom. The lowest BCUT2D eigenvalue weighted by molar-refractivity contribution is 0.542. The Morgan fingerprint density at radius 2 is 2.16 bits per heavy atom. The van der Waals surface area contributed by atoms with Crippen LogP contribution in [-0.4, -0.2) is 16.3 Å². The summed E-state index contributed by atoms with van der Waals surface area (Å²) in [4.78, 5) is 0. The molecule has 2 rings (SSSR count). The third-order valence-electron chi connectivity index (χ3n) is 3.03. The van der Waals surface area contributed by atoms with Gasteiger partial charge in [0.15, 0.2) is 0 Å². The molecule has 0 fully saturated rings. The number of hydrogen-bond acceptors (Lipinski definition) is 2. The van der Waals surface area contributed by atoms with Gasteiger partial charge in [0.1, 0.15) is 0 Å². The van der Waals surface area contributed by atoms with Gasteiger partial charge in [-0.2, -0.15) is 5.10 Å². The molecule has 1 unspecified atom stereocenters. The van der Waals surface area contributed by atoms with Crippen molar-refractivity contribution < 1.29 is 0 Å². The molecule has 0 aliphatic rings. The molecule has 0 bridgehead atoms. The van der Waals surface area contributed by atoms with Gasteiger partial charge in [-0.15, -0.1) is 0 Å². The standard InChI is InChI=1S/C14H17BrClN3/c1-3-17-14(13-7-8-18-19(13)4-2)11-6-5-10(15)9-12(11)16/h5-9,14,17H,3-4H2,1-2H3. The fraction of sp³-hybridized carbons (Fsp3) is 0.357. The van der Waals surface area contributed by atoms with E-state index < -0.39 is 0 Å². The zero-order valence-electron chi connectivity index (χ0n) is 11.0. The highest BCUT2D eigenvalue weighted by atomic mass is 79.9. The molecule has 1 aromatic carbocycles. The fourth-order valence-corrected chi connectivity index (χ4v) is 2.95. The molecular formula is C14H17BrClN3. The van der Waals surface area contributed by atoms with E-state index in [0.717, 1.165) is 33.8 Å². The molecule has 2 aromatic rings. The molecule has 102 valence electrons. The van der Waals surface area contributed by atoms with Crippen molar-refractivity contribution in [2.45, 2.75) is 26.4 Å². The van der Waals surface area contributed by atoms with E-state index in [9.17, 15) is 0 Å². The first-order valence-corrected chi connectivity index (χ1v) is 7.54. The van der Waals surface area contributed by atoms with E-state index in [1.807, 2.05) is 35.1 Å². The van der Waals surface area contributed by atoms with Crippen molar-refractivity contribution in [3.63, 3.8) is 0 Å². The summed E-state index contributed by atoms with van der Waals surface area (Å²) in [5, 5.41) is 8.56. The average molecular weight is 343 g/mol. The number of nitrogens with one attached hydrogen (secondary N) is 1. The summed E-state index contributed by atoms with van der Waals surface area (Å²) in [5.41, 5.74) is 2.20. The van der Waals surface area contributed by atoms with Crippen molar-refractivity contribution in [3.8, 4) is 0 Å². The van der Waals surface area contributed by atoms with Crippen LogP contribution in [0.15, 0.2) is 34.9 Å². The van der Waals surface area contributed by atoms with Crippen LogP contribution in [-0.2, 0) is 6.54 Å². The zero-order chi connectivity index (χ0) is 13.8. The van der Waals surface area contributed by atoms with Gasteiger partial charge < -0.3 is 5.32 Å². The minimum atomic E-state index is 0.0630. The predicted octanol–water partition coefficient (Wildman–Crippen LogP) is 4.02. The molecule has 0 radical (unpaired) electrons. The second kappa shape index (κ2) is 6.55. The molecule has 1 atom stereocenters. The first kappa shape index (κ1) is 14.6. The maximum Gasteiger partial charge on any atom is 0.0762 e. The number of hydrogen-bond donors (Lipinski definition) is 1. The third kappa shape index (κ3) is 3.19. The summed E-state index contributed by atoms with van der Waals surface area (Å²) < 4.78 is 2.98. The Balaban J connectivity index is 2.45. The van der Waals surface area contributed by atoms with E-state index in [1.165, 1.54) is 0 Å². The molecule has 0 aliphatic carbocycles. The van der Waals surface area contributed by atoms with Gasteiger partial charge in [0.25, 0.3) is 0 Å². The largest absolute Gasteiger partial charge is 0.305 e. The van der Waals surface area contributed by atoms with E-state index in [-0.39, 0.29) is 6.04 Å². The van der Waals surface area contributed by atoms with Gasteiger partial charge in [0.2, 0.25) is 0 Å². The lowest BCUT2D eigenvalue weighted by Gasteiger charge is -2.20. The summed E-state index contributed by atoms with van der Waals surface area (Å²) in [5.74, 6) is 0. The van der Waals surface area contributed by atoms with Gasteiger partial charge in [-0.3, -0.25) is 4.68 Å². The van der Waals surface area contributed by atoms with Crippen molar-refractivity contribution in [2.24, 2.45) is 0 Å².